The lowest BCUT2D eigenvalue weighted by atomic mass is 10.2. The minimum atomic E-state index is -0.910. The Morgan fingerprint density at radius 3 is 2.52 bits per heavy atom. The number of hydrogen-bond acceptors (Lipinski definition) is 5. The molecule has 0 N–H and O–H groups in total. The Morgan fingerprint density at radius 2 is 1.77 bits per heavy atom. The number of para-hydroxylation sites is 4. The van der Waals surface area contributed by atoms with Crippen LogP contribution in [0.4, 0.5) is 10.1 Å². The number of anilines is 1. The van der Waals surface area contributed by atoms with Crippen LogP contribution in [-0.2, 0) is 4.79 Å². The summed E-state index contributed by atoms with van der Waals surface area (Å²) in [5, 5.41) is 0.441. The average molecular weight is 441 g/mol. The third-order valence-corrected chi connectivity index (χ3v) is 4.90. The van der Waals surface area contributed by atoms with E-state index in [9.17, 15) is 9.18 Å². The number of likely N-dealkylation sites (N-methyl/N-ethyl adjacent to an activating group) is 1. The second kappa shape index (κ2) is 8.65. The maximum Gasteiger partial charge on any atom is 0.400 e. The lowest BCUT2D eigenvalue weighted by molar-refractivity contribution is -0.124. The largest absolute Gasteiger partial charge is 0.477 e. The number of aromatic nitrogens is 1. The molecular weight excluding hydrogens is 423 g/mol. The lowest BCUT2D eigenvalue weighted by Crippen LogP contribution is -2.38. The molecule has 1 atom stereocenters. The van der Waals surface area contributed by atoms with Crippen molar-refractivity contribution in [3.05, 3.63) is 77.6 Å². The van der Waals surface area contributed by atoms with E-state index < -0.39 is 17.8 Å². The standard InChI is InChI=1S/C23H18ClFN2O4/c1-14(22(28)27(2)17-10-4-3-9-16(17)25)29-18-11-5-6-12-19(18)30-23-26-21-15(24)8-7-13-20(21)31-23/h3-14H,1-2H3/t14-/m1/s1. The summed E-state index contributed by atoms with van der Waals surface area (Å²) in [6.07, 6.45) is -0.922. The van der Waals surface area contributed by atoms with Gasteiger partial charge in [-0.15, -0.1) is 0 Å². The molecule has 0 saturated heterocycles. The zero-order valence-corrected chi connectivity index (χ0v) is 17.5. The molecule has 4 aromatic rings. The molecule has 0 unspecified atom stereocenters. The highest BCUT2D eigenvalue weighted by Gasteiger charge is 2.24. The number of oxazole rings is 1. The molecule has 1 amide bonds. The predicted molar refractivity (Wildman–Crippen MR) is 115 cm³/mol. The molecule has 158 valence electrons. The smallest absolute Gasteiger partial charge is 0.400 e. The predicted octanol–water partition coefficient (Wildman–Crippen LogP) is 5.84. The van der Waals surface area contributed by atoms with Crippen LogP contribution < -0.4 is 14.4 Å². The van der Waals surface area contributed by atoms with Crippen LogP contribution in [0.2, 0.25) is 5.02 Å². The first-order chi connectivity index (χ1) is 14.9. The normalized spacial score (nSPS) is 11.9. The Labute approximate surface area is 182 Å². The van der Waals surface area contributed by atoms with Crippen molar-refractivity contribution in [1.29, 1.82) is 0 Å². The summed E-state index contributed by atoms with van der Waals surface area (Å²) in [5.41, 5.74) is 1.12. The van der Waals surface area contributed by atoms with Gasteiger partial charge in [0.15, 0.2) is 23.2 Å². The van der Waals surface area contributed by atoms with Gasteiger partial charge in [-0.3, -0.25) is 4.79 Å². The second-order valence-electron chi connectivity index (χ2n) is 6.72. The summed E-state index contributed by atoms with van der Waals surface area (Å²) in [4.78, 5) is 18.2. The molecule has 0 aliphatic rings. The van der Waals surface area contributed by atoms with Gasteiger partial charge in [0.2, 0.25) is 0 Å². The monoisotopic (exact) mass is 440 g/mol. The van der Waals surface area contributed by atoms with Crippen molar-refractivity contribution in [2.45, 2.75) is 13.0 Å². The highest BCUT2D eigenvalue weighted by molar-refractivity contribution is 6.34. The molecule has 0 saturated carbocycles. The van der Waals surface area contributed by atoms with Gasteiger partial charge < -0.3 is 18.8 Å². The first-order valence-corrected chi connectivity index (χ1v) is 9.82. The molecule has 0 aliphatic heterocycles. The molecule has 0 radical (unpaired) electrons. The summed E-state index contributed by atoms with van der Waals surface area (Å²) in [5.74, 6) is -0.311. The number of carbonyl (C=O) groups excluding carboxylic acids is 1. The van der Waals surface area contributed by atoms with E-state index in [4.69, 9.17) is 25.5 Å². The molecule has 0 spiro atoms. The van der Waals surface area contributed by atoms with E-state index in [1.807, 2.05) is 0 Å². The van der Waals surface area contributed by atoms with Crippen LogP contribution in [0.1, 0.15) is 6.92 Å². The molecule has 6 nitrogen and oxygen atoms in total. The Kier molecular flexibility index (Phi) is 5.77. The molecule has 1 aromatic heterocycles. The zero-order chi connectivity index (χ0) is 22.0. The van der Waals surface area contributed by atoms with E-state index in [-0.39, 0.29) is 11.8 Å². The third-order valence-electron chi connectivity index (χ3n) is 4.59. The van der Waals surface area contributed by atoms with Crippen LogP contribution in [0.3, 0.4) is 0 Å². The van der Waals surface area contributed by atoms with E-state index in [2.05, 4.69) is 4.98 Å². The van der Waals surface area contributed by atoms with Gasteiger partial charge in [0, 0.05) is 7.05 Å². The molecule has 4 rings (SSSR count). The van der Waals surface area contributed by atoms with E-state index in [1.54, 1.807) is 61.5 Å². The van der Waals surface area contributed by atoms with Gasteiger partial charge in [-0.1, -0.05) is 41.9 Å². The Hall–Kier alpha value is -3.58. The van der Waals surface area contributed by atoms with Crippen LogP contribution in [0.5, 0.6) is 17.6 Å². The van der Waals surface area contributed by atoms with Crippen LogP contribution in [-0.4, -0.2) is 24.0 Å². The maximum absolute atomic E-state index is 14.0. The molecule has 1 heterocycles. The Bertz CT molecular complexity index is 1240. The van der Waals surface area contributed by atoms with Crippen molar-refractivity contribution in [2.24, 2.45) is 0 Å². The summed E-state index contributed by atoms with van der Waals surface area (Å²) in [6, 6.07) is 18.0. The van der Waals surface area contributed by atoms with Crippen LogP contribution in [0.25, 0.3) is 11.1 Å². The van der Waals surface area contributed by atoms with Crippen molar-refractivity contribution in [1.82, 2.24) is 4.98 Å². The number of amides is 1. The summed E-state index contributed by atoms with van der Waals surface area (Å²) in [6.45, 7) is 1.58. The van der Waals surface area contributed by atoms with Gasteiger partial charge in [0.25, 0.3) is 5.91 Å². The summed E-state index contributed by atoms with van der Waals surface area (Å²) >= 11 is 6.13. The molecule has 8 heteroatoms. The second-order valence-corrected chi connectivity index (χ2v) is 7.13. The Balaban J connectivity index is 1.53. The van der Waals surface area contributed by atoms with Crippen LogP contribution >= 0.6 is 11.6 Å². The van der Waals surface area contributed by atoms with Gasteiger partial charge in [-0.05, 0) is 43.3 Å². The number of nitrogens with zero attached hydrogens (tertiary/aromatic N) is 2. The fourth-order valence-electron chi connectivity index (χ4n) is 3.02. The van der Waals surface area contributed by atoms with E-state index in [0.29, 0.717) is 27.6 Å². The SMILES string of the molecule is C[C@@H](Oc1ccccc1Oc1nc2c(Cl)cccc2o1)C(=O)N(C)c1ccccc1F. The van der Waals surface area contributed by atoms with Crippen molar-refractivity contribution in [2.75, 3.05) is 11.9 Å². The topological polar surface area (TPSA) is 64.8 Å². The fraction of sp³-hybridized carbons (Fsp3) is 0.130. The molecule has 3 aromatic carbocycles. The van der Waals surface area contributed by atoms with E-state index >= 15 is 0 Å². The summed E-state index contributed by atoms with van der Waals surface area (Å²) < 4.78 is 31.2. The zero-order valence-electron chi connectivity index (χ0n) is 16.7. The van der Waals surface area contributed by atoms with E-state index in [0.717, 1.165) is 0 Å². The molecule has 0 bridgehead atoms. The third kappa shape index (κ3) is 4.32. The van der Waals surface area contributed by atoms with Gasteiger partial charge in [0.1, 0.15) is 11.3 Å². The number of fused-ring (bicyclic) bond motifs is 1. The maximum atomic E-state index is 14.0. The molecule has 31 heavy (non-hydrogen) atoms. The minimum Gasteiger partial charge on any atom is -0.477 e. The lowest BCUT2D eigenvalue weighted by Gasteiger charge is -2.23. The van der Waals surface area contributed by atoms with Gasteiger partial charge in [-0.2, -0.15) is 4.98 Å². The molecule has 0 fully saturated rings. The average Bonchev–Trinajstić information content (AvgIpc) is 3.18. The highest BCUT2D eigenvalue weighted by atomic mass is 35.5. The number of halogens is 2. The quantitative estimate of drug-likeness (QED) is 0.376. The number of ether oxygens (including phenoxy) is 2. The van der Waals surface area contributed by atoms with Crippen molar-refractivity contribution >= 4 is 34.3 Å². The number of benzene rings is 3. The van der Waals surface area contributed by atoms with Gasteiger partial charge >= 0.3 is 6.08 Å². The number of carbonyl (C=O) groups is 1. The summed E-state index contributed by atoms with van der Waals surface area (Å²) in [7, 11) is 1.49. The van der Waals surface area contributed by atoms with Crippen molar-refractivity contribution in [3.63, 3.8) is 0 Å². The van der Waals surface area contributed by atoms with Crippen LogP contribution in [0, 0.1) is 5.82 Å². The Morgan fingerprint density at radius 1 is 1.06 bits per heavy atom. The van der Waals surface area contributed by atoms with Crippen molar-refractivity contribution < 1.29 is 23.1 Å². The molecule has 0 aliphatic carbocycles. The van der Waals surface area contributed by atoms with Gasteiger partial charge in [-0.25, -0.2) is 4.39 Å². The minimum absolute atomic E-state index is 0.0124. The fourth-order valence-corrected chi connectivity index (χ4v) is 3.23. The first-order valence-electron chi connectivity index (χ1n) is 9.44. The van der Waals surface area contributed by atoms with Crippen molar-refractivity contribution in [3.8, 4) is 17.6 Å². The number of hydrogen-bond donors (Lipinski definition) is 0. The van der Waals surface area contributed by atoms with Crippen LogP contribution in [0.15, 0.2) is 71.1 Å². The first kappa shape index (κ1) is 20.7. The van der Waals surface area contributed by atoms with E-state index in [1.165, 1.54) is 24.1 Å². The number of rotatable bonds is 6. The highest BCUT2D eigenvalue weighted by Crippen LogP contribution is 2.34. The van der Waals surface area contributed by atoms with Gasteiger partial charge in [0.05, 0.1) is 10.7 Å². The molecular formula is C23H18ClFN2O4.